The van der Waals surface area contributed by atoms with Crippen LogP contribution in [-0.4, -0.2) is 8.07 Å². The molecule has 3 aromatic carbocycles. The average molecular weight is 395 g/mol. The van der Waals surface area contributed by atoms with Crippen molar-refractivity contribution in [1.29, 1.82) is 0 Å². The highest BCUT2D eigenvalue weighted by Gasteiger charge is 2.44. The average Bonchev–Trinajstić information content (AvgIpc) is 2.94. The normalized spacial score (nSPS) is 14.1. The van der Waals surface area contributed by atoms with Gasteiger partial charge in [0.05, 0.1) is 5.39 Å². The van der Waals surface area contributed by atoms with Gasteiger partial charge in [-0.15, -0.1) is 0 Å². The number of nitrogens with zero attached hydrogens (tertiary/aromatic N) is 1. The van der Waals surface area contributed by atoms with Gasteiger partial charge in [0, 0.05) is 22.4 Å². The number of rotatable bonds is 1. The fourth-order valence-electron chi connectivity index (χ4n) is 5.39. The quantitative estimate of drug-likeness (QED) is 0.314. The topological polar surface area (TPSA) is 3.88 Å². The highest BCUT2D eigenvalue weighted by molar-refractivity contribution is 7.04. The predicted molar refractivity (Wildman–Crippen MR) is 127 cm³/mol. The number of pyridine rings is 1. The molecule has 0 bridgehead atoms. The monoisotopic (exact) mass is 394 g/mol. The Morgan fingerprint density at radius 1 is 0.793 bits per heavy atom. The number of hydrogen-bond acceptors (Lipinski definition) is 0. The van der Waals surface area contributed by atoms with Crippen LogP contribution >= 0.6 is 0 Å². The van der Waals surface area contributed by atoms with E-state index in [1.165, 1.54) is 50.0 Å². The van der Waals surface area contributed by atoms with Crippen LogP contribution in [0.2, 0.25) is 13.1 Å². The molecule has 0 radical (unpaired) electrons. The van der Waals surface area contributed by atoms with Gasteiger partial charge in [-0.2, -0.15) is 4.57 Å². The Morgan fingerprint density at radius 2 is 1.48 bits per heavy atom. The third-order valence-electron chi connectivity index (χ3n) is 6.92. The molecular weight excluding hydrogens is 366 g/mol. The van der Waals surface area contributed by atoms with E-state index in [0.29, 0.717) is 0 Å². The van der Waals surface area contributed by atoms with Crippen LogP contribution in [0.4, 0.5) is 0 Å². The molecule has 0 aliphatic carbocycles. The van der Waals surface area contributed by atoms with Gasteiger partial charge in [-0.05, 0) is 54.8 Å². The van der Waals surface area contributed by atoms with Crippen molar-refractivity contribution in [2.24, 2.45) is 7.05 Å². The van der Waals surface area contributed by atoms with Crippen molar-refractivity contribution in [3.05, 3.63) is 77.4 Å². The van der Waals surface area contributed by atoms with E-state index in [2.05, 4.69) is 106 Å². The molecule has 1 aromatic heterocycles. The van der Waals surface area contributed by atoms with Crippen LogP contribution in [0.5, 0.6) is 0 Å². The van der Waals surface area contributed by atoms with Gasteiger partial charge >= 0.3 is 0 Å². The lowest BCUT2D eigenvalue weighted by Gasteiger charge is -2.22. The second-order valence-corrected chi connectivity index (χ2v) is 13.4. The Hall–Kier alpha value is -2.71. The Bertz CT molecular complexity index is 1310. The van der Waals surface area contributed by atoms with E-state index in [9.17, 15) is 0 Å². The molecule has 0 saturated carbocycles. The largest absolute Gasteiger partial charge is 0.213 e. The summed E-state index contributed by atoms with van der Waals surface area (Å²) in [5.41, 5.74) is 11.1. The summed E-state index contributed by atoms with van der Waals surface area (Å²) in [5, 5.41) is 4.53. The first kappa shape index (κ1) is 18.3. The fraction of sp³-hybridized carbons (Fsp3) is 0.222. The summed E-state index contributed by atoms with van der Waals surface area (Å²) >= 11 is 0. The number of aromatic nitrogens is 1. The van der Waals surface area contributed by atoms with Gasteiger partial charge in [0.2, 0.25) is 11.2 Å². The summed E-state index contributed by atoms with van der Waals surface area (Å²) in [6.45, 7) is 11.8. The summed E-state index contributed by atoms with van der Waals surface area (Å²) in [5.74, 6) is 0. The van der Waals surface area contributed by atoms with Crippen molar-refractivity contribution in [3.8, 4) is 22.4 Å². The predicted octanol–water partition coefficient (Wildman–Crippen LogP) is 5.06. The first-order valence-corrected chi connectivity index (χ1v) is 13.5. The van der Waals surface area contributed by atoms with E-state index in [4.69, 9.17) is 0 Å². The van der Waals surface area contributed by atoms with E-state index in [1.807, 2.05) is 0 Å². The highest BCUT2D eigenvalue weighted by Crippen LogP contribution is 2.37. The maximum atomic E-state index is 2.52. The molecule has 5 rings (SSSR count). The lowest BCUT2D eigenvalue weighted by molar-refractivity contribution is -0.632. The molecule has 1 aliphatic rings. The Morgan fingerprint density at radius 3 is 2.28 bits per heavy atom. The minimum atomic E-state index is -1.84. The lowest BCUT2D eigenvalue weighted by Crippen LogP contribution is -2.54. The molecule has 1 aliphatic heterocycles. The van der Waals surface area contributed by atoms with Crippen LogP contribution in [0, 0.1) is 20.8 Å². The number of aryl methyl sites for hydroxylation is 3. The molecule has 144 valence electrons. The maximum absolute atomic E-state index is 2.52. The zero-order valence-electron chi connectivity index (χ0n) is 18.2. The lowest BCUT2D eigenvalue weighted by atomic mass is 9.93. The van der Waals surface area contributed by atoms with E-state index < -0.39 is 8.07 Å². The second kappa shape index (κ2) is 6.14. The van der Waals surface area contributed by atoms with Crippen molar-refractivity contribution in [3.63, 3.8) is 0 Å². The van der Waals surface area contributed by atoms with Crippen molar-refractivity contribution < 1.29 is 4.57 Å². The minimum absolute atomic E-state index is 1.31. The molecule has 2 heteroatoms. The van der Waals surface area contributed by atoms with Gasteiger partial charge in [-0.3, -0.25) is 0 Å². The molecule has 0 unspecified atom stereocenters. The molecular formula is C27H28NSi+. The molecule has 0 N–H and O–H groups in total. The van der Waals surface area contributed by atoms with Gasteiger partial charge in [-0.1, -0.05) is 61.1 Å². The first-order chi connectivity index (χ1) is 13.8. The first-order valence-electron chi connectivity index (χ1n) is 10.5. The molecule has 2 heterocycles. The number of benzene rings is 3. The smallest absolute Gasteiger partial charge is 0.194 e. The third-order valence-corrected chi connectivity index (χ3v) is 10.4. The zero-order chi connectivity index (χ0) is 20.5. The summed E-state index contributed by atoms with van der Waals surface area (Å²) in [4.78, 5) is 0. The minimum Gasteiger partial charge on any atom is -0.194 e. The molecule has 4 aromatic rings. The third kappa shape index (κ3) is 2.42. The van der Waals surface area contributed by atoms with Crippen molar-refractivity contribution >= 4 is 29.4 Å². The van der Waals surface area contributed by atoms with E-state index in [1.54, 1.807) is 10.4 Å². The van der Waals surface area contributed by atoms with Crippen molar-refractivity contribution in [2.75, 3.05) is 0 Å². The Kier molecular flexibility index (Phi) is 3.88. The molecule has 0 saturated heterocycles. The van der Waals surface area contributed by atoms with Crippen LogP contribution in [0.1, 0.15) is 16.7 Å². The van der Waals surface area contributed by atoms with Crippen LogP contribution < -0.4 is 14.9 Å². The maximum Gasteiger partial charge on any atom is 0.213 e. The van der Waals surface area contributed by atoms with Gasteiger partial charge in [0.15, 0.2) is 0 Å². The highest BCUT2D eigenvalue weighted by atomic mass is 28.3. The summed E-state index contributed by atoms with van der Waals surface area (Å²) in [7, 11) is 0.417. The molecule has 0 spiro atoms. The van der Waals surface area contributed by atoms with E-state index in [0.717, 1.165) is 0 Å². The summed E-state index contributed by atoms with van der Waals surface area (Å²) < 4.78 is 2.45. The number of hydrogen-bond donors (Lipinski definition) is 0. The van der Waals surface area contributed by atoms with Gasteiger partial charge in [0.1, 0.15) is 15.1 Å². The number of para-hydroxylation sites is 1. The Balaban J connectivity index is 2.05. The van der Waals surface area contributed by atoms with Crippen LogP contribution in [-0.2, 0) is 7.05 Å². The SMILES string of the molecule is Cc1cc(C)c(C)c(-c2c3c(c4ccccc4[n+]2C)-c2ccccc2[Si]3(C)C)c1. The van der Waals surface area contributed by atoms with E-state index >= 15 is 0 Å². The van der Waals surface area contributed by atoms with E-state index in [-0.39, 0.29) is 0 Å². The van der Waals surface area contributed by atoms with Crippen LogP contribution in [0.15, 0.2) is 60.7 Å². The second-order valence-electron chi connectivity index (χ2n) is 9.10. The molecule has 0 fully saturated rings. The molecule has 1 nitrogen and oxygen atoms in total. The zero-order valence-corrected chi connectivity index (χ0v) is 19.2. The Labute approximate surface area is 174 Å². The van der Waals surface area contributed by atoms with Crippen LogP contribution in [0.3, 0.4) is 0 Å². The number of fused-ring (bicyclic) bond motifs is 5. The molecule has 29 heavy (non-hydrogen) atoms. The summed E-state index contributed by atoms with van der Waals surface area (Å²) in [6.07, 6.45) is 0. The van der Waals surface area contributed by atoms with Gasteiger partial charge in [-0.25, -0.2) is 0 Å². The van der Waals surface area contributed by atoms with Crippen LogP contribution in [0.25, 0.3) is 33.3 Å². The standard InChI is InChI=1S/C27H28NSi/c1-17-15-18(2)19(3)22(16-17)26-27-25(20-11-7-9-13-23(20)28(26)4)21-12-8-10-14-24(21)29(27,5)6/h7-16H,1-6H3/q+1. The molecule has 0 amide bonds. The van der Waals surface area contributed by atoms with Gasteiger partial charge < -0.3 is 0 Å². The van der Waals surface area contributed by atoms with Crippen molar-refractivity contribution in [2.45, 2.75) is 33.9 Å². The van der Waals surface area contributed by atoms with Crippen molar-refractivity contribution in [1.82, 2.24) is 0 Å². The summed E-state index contributed by atoms with van der Waals surface area (Å²) in [6, 6.07) is 22.7. The molecule has 0 atom stereocenters. The van der Waals surface area contributed by atoms with Gasteiger partial charge in [0.25, 0.3) is 0 Å². The fourth-order valence-corrected chi connectivity index (χ4v) is 8.84.